The topological polar surface area (TPSA) is 71.7 Å². The minimum atomic E-state index is -0.472. The van der Waals surface area contributed by atoms with Crippen LogP contribution in [-0.4, -0.2) is 52.7 Å². The number of nitrogens with zero attached hydrogens (tertiary/aromatic N) is 4. The Morgan fingerprint density at radius 1 is 1.12 bits per heavy atom. The zero-order chi connectivity index (χ0) is 18.3. The molecule has 7 nitrogen and oxygen atoms in total. The van der Waals surface area contributed by atoms with Gasteiger partial charge in [-0.25, -0.2) is 14.8 Å². The van der Waals surface area contributed by atoms with Crippen molar-refractivity contribution in [2.75, 3.05) is 31.1 Å². The summed E-state index contributed by atoms with van der Waals surface area (Å²) >= 11 is 0. The summed E-state index contributed by atoms with van der Waals surface area (Å²) in [6, 6.07) is 0. The number of carbonyl (C=O) groups is 1. The number of aromatic nitrogens is 2. The van der Waals surface area contributed by atoms with Crippen molar-refractivity contribution >= 4 is 23.0 Å². The molecule has 0 N–H and O–H groups in total. The van der Waals surface area contributed by atoms with Crippen molar-refractivity contribution in [1.82, 2.24) is 14.9 Å². The third kappa shape index (κ3) is 3.22. The van der Waals surface area contributed by atoms with Crippen LogP contribution in [0.4, 0.5) is 10.6 Å². The Balaban J connectivity index is 1.51. The van der Waals surface area contributed by atoms with Gasteiger partial charge in [0, 0.05) is 38.2 Å². The van der Waals surface area contributed by atoms with Gasteiger partial charge in [-0.2, -0.15) is 0 Å². The molecule has 1 aliphatic heterocycles. The van der Waals surface area contributed by atoms with E-state index in [2.05, 4.69) is 14.9 Å². The van der Waals surface area contributed by atoms with Gasteiger partial charge in [-0.15, -0.1) is 0 Å². The van der Waals surface area contributed by atoms with Crippen molar-refractivity contribution < 1.29 is 13.9 Å². The number of ether oxygens (including phenoxy) is 1. The van der Waals surface area contributed by atoms with E-state index in [-0.39, 0.29) is 6.09 Å². The van der Waals surface area contributed by atoms with Gasteiger partial charge in [0.15, 0.2) is 11.4 Å². The molecule has 1 fully saturated rings. The van der Waals surface area contributed by atoms with E-state index in [4.69, 9.17) is 9.15 Å². The number of hydrogen-bond acceptors (Lipinski definition) is 6. The molecule has 0 radical (unpaired) electrons. The number of rotatable bonds is 1. The van der Waals surface area contributed by atoms with Crippen molar-refractivity contribution in [2.24, 2.45) is 0 Å². The van der Waals surface area contributed by atoms with Crippen LogP contribution in [0.3, 0.4) is 0 Å². The molecule has 4 rings (SSSR count). The Labute approximate surface area is 153 Å². The largest absolute Gasteiger partial charge is 0.455 e. The van der Waals surface area contributed by atoms with Gasteiger partial charge in [-0.05, 0) is 40.0 Å². The third-order valence-corrected chi connectivity index (χ3v) is 4.94. The van der Waals surface area contributed by atoms with Gasteiger partial charge in [-0.1, -0.05) is 0 Å². The maximum Gasteiger partial charge on any atom is 0.410 e. The zero-order valence-electron chi connectivity index (χ0n) is 15.7. The maximum atomic E-state index is 12.2. The SMILES string of the molecule is CC(C)(C)OC(=O)N1CCN(c2ncnc3c4c(oc23)CCCC4)CC1. The highest BCUT2D eigenvalue weighted by Crippen LogP contribution is 2.34. The molecule has 2 aromatic rings. The molecule has 0 spiro atoms. The lowest BCUT2D eigenvalue weighted by Crippen LogP contribution is -2.50. The lowest BCUT2D eigenvalue weighted by Gasteiger charge is -2.36. The fourth-order valence-corrected chi connectivity index (χ4v) is 3.69. The molecular weight excluding hydrogens is 332 g/mol. The second kappa shape index (κ2) is 6.45. The van der Waals surface area contributed by atoms with E-state index in [0.29, 0.717) is 26.2 Å². The molecule has 140 valence electrons. The molecule has 0 bridgehead atoms. The van der Waals surface area contributed by atoms with E-state index in [1.807, 2.05) is 20.8 Å². The fourth-order valence-electron chi connectivity index (χ4n) is 3.69. The van der Waals surface area contributed by atoms with Gasteiger partial charge in [0.2, 0.25) is 0 Å². The van der Waals surface area contributed by atoms with Crippen molar-refractivity contribution in [1.29, 1.82) is 0 Å². The summed E-state index contributed by atoms with van der Waals surface area (Å²) in [4.78, 5) is 25.1. The Bertz CT molecular complexity index is 816. The Hall–Kier alpha value is -2.31. The van der Waals surface area contributed by atoms with Gasteiger partial charge in [-0.3, -0.25) is 0 Å². The lowest BCUT2D eigenvalue weighted by molar-refractivity contribution is 0.0240. The van der Waals surface area contributed by atoms with Crippen molar-refractivity contribution in [3.63, 3.8) is 0 Å². The lowest BCUT2D eigenvalue weighted by atomic mass is 9.98. The minimum Gasteiger partial charge on any atom is -0.455 e. The Morgan fingerprint density at radius 2 is 1.85 bits per heavy atom. The molecule has 1 amide bonds. The first-order chi connectivity index (χ1) is 12.4. The summed E-state index contributed by atoms with van der Waals surface area (Å²) in [6.45, 7) is 8.29. The third-order valence-electron chi connectivity index (χ3n) is 4.94. The van der Waals surface area contributed by atoms with Crippen LogP contribution in [0.15, 0.2) is 10.7 Å². The van der Waals surface area contributed by atoms with Crippen molar-refractivity contribution in [2.45, 2.75) is 52.1 Å². The molecule has 3 heterocycles. The predicted molar refractivity (Wildman–Crippen MR) is 98.5 cm³/mol. The number of piperazine rings is 1. The second-order valence-corrected chi connectivity index (χ2v) is 8.04. The van der Waals surface area contributed by atoms with Crippen molar-refractivity contribution in [3.8, 4) is 0 Å². The maximum absolute atomic E-state index is 12.2. The van der Waals surface area contributed by atoms with Crippen LogP contribution in [0.2, 0.25) is 0 Å². The minimum absolute atomic E-state index is 0.251. The van der Waals surface area contributed by atoms with E-state index in [1.54, 1.807) is 11.2 Å². The highest BCUT2D eigenvalue weighted by molar-refractivity contribution is 5.87. The number of furan rings is 1. The van der Waals surface area contributed by atoms with Crippen LogP contribution < -0.4 is 4.90 Å². The number of carbonyl (C=O) groups excluding carboxylic acids is 1. The van der Waals surface area contributed by atoms with Crippen LogP contribution in [0.5, 0.6) is 0 Å². The normalized spacial score (nSPS) is 18.1. The van der Waals surface area contributed by atoms with E-state index in [1.165, 1.54) is 18.4 Å². The van der Waals surface area contributed by atoms with Crippen LogP contribution >= 0.6 is 0 Å². The number of aryl methyl sites for hydroxylation is 2. The first-order valence-corrected chi connectivity index (χ1v) is 9.40. The van der Waals surface area contributed by atoms with E-state index in [9.17, 15) is 4.79 Å². The molecule has 2 aromatic heterocycles. The molecular formula is C19H26N4O3. The quantitative estimate of drug-likeness (QED) is 0.780. The summed E-state index contributed by atoms with van der Waals surface area (Å²) in [5.41, 5.74) is 2.53. The molecule has 26 heavy (non-hydrogen) atoms. The number of hydrogen-bond donors (Lipinski definition) is 0. The average Bonchev–Trinajstić information content (AvgIpc) is 2.99. The van der Waals surface area contributed by atoms with Crippen LogP contribution in [0.25, 0.3) is 11.1 Å². The summed E-state index contributed by atoms with van der Waals surface area (Å²) < 4.78 is 11.6. The number of fused-ring (bicyclic) bond motifs is 3. The van der Waals surface area contributed by atoms with Gasteiger partial charge in [0.05, 0.1) is 0 Å². The Morgan fingerprint density at radius 3 is 2.58 bits per heavy atom. The zero-order valence-corrected chi connectivity index (χ0v) is 15.7. The van der Waals surface area contributed by atoms with Crippen molar-refractivity contribution in [3.05, 3.63) is 17.7 Å². The smallest absolute Gasteiger partial charge is 0.410 e. The van der Waals surface area contributed by atoms with Gasteiger partial charge in [0.25, 0.3) is 0 Å². The molecule has 2 aliphatic rings. The monoisotopic (exact) mass is 358 g/mol. The standard InChI is InChI=1S/C19H26N4O3/c1-19(2,3)26-18(24)23-10-8-22(9-11-23)17-16-15(20-12-21-17)13-6-4-5-7-14(13)25-16/h12H,4-11H2,1-3H3. The molecule has 0 saturated carbocycles. The highest BCUT2D eigenvalue weighted by Gasteiger charge is 2.29. The predicted octanol–water partition coefficient (Wildman–Crippen LogP) is 3.16. The van der Waals surface area contributed by atoms with Gasteiger partial charge >= 0.3 is 6.09 Å². The highest BCUT2D eigenvalue weighted by atomic mass is 16.6. The first kappa shape index (κ1) is 17.1. The molecule has 0 unspecified atom stereocenters. The van der Waals surface area contributed by atoms with E-state index < -0.39 is 5.60 Å². The average molecular weight is 358 g/mol. The molecule has 0 aromatic carbocycles. The number of anilines is 1. The fraction of sp³-hybridized carbons (Fsp3) is 0.632. The van der Waals surface area contributed by atoms with E-state index >= 15 is 0 Å². The number of amides is 1. The summed E-state index contributed by atoms with van der Waals surface area (Å²) in [7, 11) is 0. The molecule has 1 saturated heterocycles. The molecule has 1 aliphatic carbocycles. The van der Waals surface area contributed by atoms with Crippen LogP contribution in [-0.2, 0) is 17.6 Å². The van der Waals surface area contributed by atoms with Crippen LogP contribution in [0.1, 0.15) is 44.9 Å². The van der Waals surface area contributed by atoms with Gasteiger partial charge in [0.1, 0.15) is 23.2 Å². The summed E-state index contributed by atoms with van der Waals surface area (Å²) in [6.07, 6.45) is 5.75. The van der Waals surface area contributed by atoms with Gasteiger partial charge < -0.3 is 19.0 Å². The van der Waals surface area contributed by atoms with Crippen LogP contribution in [0, 0.1) is 0 Å². The summed E-state index contributed by atoms with van der Waals surface area (Å²) in [5, 5.41) is 0. The Kier molecular flexibility index (Phi) is 4.25. The second-order valence-electron chi connectivity index (χ2n) is 8.04. The summed E-state index contributed by atoms with van der Waals surface area (Å²) in [5.74, 6) is 1.91. The first-order valence-electron chi connectivity index (χ1n) is 9.40. The van der Waals surface area contributed by atoms with E-state index in [0.717, 1.165) is 35.5 Å². The molecule has 7 heteroatoms. The molecule has 0 atom stereocenters.